The number of nitrogens with zero attached hydrogens (tertiary/aromatic N) is 3. The molecule has 3 aliphatic rings. The van der Waals surface area contributed by atoms with Crippen LogP contribution in [0.25, 0.3) is 0 Å². The first-order valence-corrected chi connectivity index (χ1v) is 10.2. The highest BCUT2D eigenvalue weighted by Crippen LogP contribution is 2.31. The average molecular weight is 372 g/mol. The topological polar surface area (TPSA) is 65.0 Å². The number of rotatable bonds is 5. The summed E-state index contributed by atoms with van der Waals surface area (Å²) in [5.41, 5.74) is 2.33. The molecule has 1 aromatic carbocycles. The van der Waals surface area contributed by atoms with E-state index in [-0.39, 0.29) is 23.5 Å². The SMILES string of the molecule is O=C(C[C@@H]1SC2=NCCN2C1=O)NCc1cccc(N2CCCCC2)c1. The monoisotopic (exact) mass is 372 g/mol. The lowest BCUT2D eigenvalue weighted by Gasteiger charge is -2.29. The van der Waals surface area contributed by atoms with Gasteiger partial charge < -0.3 is 10.2 Å². The minimum Gasteiger partial charge on any atom is -0.372 e. The number of hydrogen-bond donors (Lipinski definition) is 1. The zero-order valence-electron chi connectivity index (χ0n) is 14.8. The Bertz CT molecular complexity index is 730. The number of piperidine rings is 1. The number of amides is 2. The van der Waals surface area contributed by atoms with Crippen LogP contribution in [0, 0.1) is 0 Å². The van der Waals surface area contributed by atoms with Crippen molar-refractivity contribution in [2.24, 2.45) is 4.99 Å². The van der Waals surface area contributed by atoms with Crippen molar-refractivity contribution in [2.75, 3.05) is 31.1 Å². The van der Waals surface area contributed by atoms with Gasteiger partial charge >= 0.3 is 0 Å². The van der Waals surface area contributed by atoms with Gasteiger partial charge in [0.05, 0.1) is 6.54 Å². The highest BCUT2D eigenvalue weighted by molar-refractivity contribution is 8.15. The van der Waals surface area contributed by atoms with Crippen molar-refractivity contribution < 1.29 is 9.59 Å². The third-order valence-electron chi connectivity index (χ3n) is 5.08. The predicted octanol–water partition coefficient (Wildman–Crippen LogP) is 2.00. The summed E-state index contributed by atoms with van der Waals surface area (Å²) in [5, 5.41) is 3.42. The Balaban J connectivity index is 1.30. The second-order valence-corrected chi connectivity index (χ2v) is 8.13. The van der Waals surface area contributed by atoms with Crippen LogP contribution in [-0.2, 0) is 16.1 Å². The maximum atomic E-state index is 12.3. The van der Waals surface area contributed by atoms with Crippen molar-refractivity contribution in [1.29, 1.82) is 0 Å². The Hall–Kier alpha value is -2.02. The van der Waals surface area contributed by atoms with Gasteiger partial charge in [-0.3, -0.25) is 19.5 Å². The van der Waals surface area contributed by atoms with Crippen LogP contribution in [0.15, 0.2) is 29.3 Å². The van der Waals surface area contributed by atoms with E-state index in [0.717, 1.165) is 23.8 Å². The third kappa shape index (κ3) is 3.72. The number of aliphatic imine (C=N–C) groups is 1. The van der Waals surface area contributed by atoms with Crippen molar-refractivity contribution in [3.8, 4) is 0 Å². The molecule has 2 fully saturated rings. The lowest BCUT2D eigenvalue weighted by molar-refractivity contribution is -0.129. The van der Waals surface area contributed by atoms with Gasteiger partial charge in [0.1, 0.15) is 5.25 Å². The van der Waals surface area contributed by atoms with Crippen molar-refractivity contribution in [1.82, 2.24) is 10.2 Å². The van der Waals surface area contributed by atoms with Crippen LogP contribution in [0.3, 0.4) is 0 Å². The normalized spacial score (nSPS) is 22.4. The molecule has 6 nitrogen and oxygen atoms in total. The molecule has 0 spiro atoms. The number of carbonyl (C=O) groups is 2. The molecule has 138 valence electrons. The van der Waals surface area contributed by atoms with E-state index >= 15 is 0 Å². The quantitative estimate of drug-likeness (QED) is 0.859. The minimum atomic E-state index is -0.325. The summed E-state index contributed by atoms with van der Waals surface area (Å²) in [6.45, 7) is 4.05. The largest absolute Gasteiger partial charge is 0.372 e. The summed E-state index contributed by atoms with van der Waals surface area (Å²) < 4.78 is 0. The Morgan fingerprint density at radius 1 is 1.23 bits per heavy atom. The van der Waals surface area contributed by atoms with Gasteiger partial charge in [-0.15, -0.1) is 0 Å². The van der Waals surface area contributed by atoms with Crippen LogP contribution in [-0.4, -0.2) is 53.3 Å². The molecule has 7 heteroatoms. The smallest absolute Gasteiger partial charge is 0.242 e. The zero-order chi connectivity index (χ0) is 17.9. The average Bonchev–Trinajstić information content (AvgIpc) is 3.25. The molecule has 1 N–H and O–H groups in total. The van der Waals surface area contributed by atoms with Crippen LogP contribution in [0.1, 0.15) is 31.2 Å². The number of hydrogen-bond acceptors (Lipinski definition) is 5. The molecule has 0 aliphatic carbocycles. The van der Waals surface area contributed by atoms with Gasteiger partial charge in [-0.2, -0.15) is 0 Å². The predicted molar refractivity (Wildman–Crippen MR) is 104 cm³/mol. The summed E-state index contributed by atoms with van der Waals surface area (Å²) >= 11 is 1.42. The van der Waals surface area contributed by atoms with E-state index in [1.165, 1.54) is 36.7 Å². The molecule has 0 bridgehead atoms. The molecule has 0 saturated carbocycles. The number of fused-ring (bicyclic) bond motifs is 1. The van der Waals surface area contributed by atoms with E-state index < -0.39 is 0 Å². The Morgan fingerprint density at radius 2 is 2.08 bits per heavy atom. The Kier molecular flexibility index (Phi) is 5.15. The molecule has 2 saturated heterocycles. The number of thioether (sulfide) groups is 1. The lowest BCUT2D eigenvalue weighted by atomic mass is 10.1. The van der Waals surface area contributed by atoms with E-state index in [1.807, 2.05) is 12.1 Å². The molecule has 26 heavy (non-hydrogen) atoms. The first-order chi connectivity index (χ1) is 12.7. The van der Waals surface area contributed by atoms with E-state index in [0.29, 0.717) is 19.6 Å². The van der Waals surface area contributed by atoms with Crippen LogP contribution >= 0.6 is 11.8 Å². The summed E-state index contributed by atoms with van der Waals surface area (Å²) in [4.78, 5) is 32.9. The second kappa shape index (κ2) is 7.70. The fourth-order valence-corrected chi connectivity index (χ4v) is 4.86. The van der Waals surface area contributed by atoms with Crippen LogP contribution in [0.4, 0.5) is 5.69 Å². The number of carbonyl (C=O) groups excluding carboxylic acids is 2. The fraction of sp³-hybridized carbons (Fsp3) is 0.526. The first-order valence-electron chi connectivity index (χ1n) is 9.34. The molecule has 1 atom stereocenters. The summed E-state index contributed by atoms with van der Waals surface area (Å²) in [5.74, 6) is -0.0607. The lowest BCUT2D eigenvalue weighted by Crippen LogP contribution is -2.33. The van der Waals surface area contributed by atoms with Crippen molar-refractivity contribution in [3.63, 3.8) is 0 Å². The highest BCUT2D eigenvalue weighted by atomic mass is 32.2. The summed E-state index contributed by atoms with van der Waals surface area (Å²) in [6.07, 6.45) is 4.02. The van der Waals surface area contributed by atoms with E-state index in [1.54, 1.807) is 4.90 Å². The van der Waals surface area contributed by atoms with Gasteiger partial charge in [0.15, 0.2) is 5.17 Å². The Morgan fingerprint density at radius 3 is 2.88 bits per heavy atom. The maximum Gasteiger partial charge on any atom is 0.242 e. The van der Waals surface area contributed by atoms with Gasteiger partial charge in [-0.1, -0.05) is 23.9 Å². The third-order valence-corrected chi connectivity index (χ3v) is 6.30. The standard InChI is InChI=1S/C19H24N4O2S/c24-17(12-16-18(25)23-10-7-20-19(23)26-16)21-13-14-5-4-6-15(11-14)22-8-2-1-3-9-22/h4-6,11,16H,1-3,7-10,12-13H2,(H,21,24)/t16-/m0/s1. The number of amidine groups is 1. The molecular weight excluding hydrogens is 348 g/mol. The maximum absolute atomic E-state index is 12.3. The molecule has 1 aromatic rings. The molecule has 0 radical (unpaired) electrons. The van der Waals surface area contributed by atoms with Crippen LogP contribution in [0.2, 0.25) is 0 Å². The number of benzene rings is 1. The summed E-state index contributed by atoms with van der Waals surface area (Å²) in [6, 6.07) is 8.38. The van der Waals surface area contributed by atoms with Gasteiger partial charge in [0.2, 0.25) is 11.8 Å². The molecule has 3 aliphatic heterocycles. The molecule has 0 unspecified atom stereocenters. The highest BCUT2D eigenvalue weighted by Gasteiger charge is 2.40. The van der Waals surface area contributed by atoms with Crippen molar-refractivity contribution >= 4 is 34.4 Å². The molecular formula is C19H24N4O2S. The first kappa shape index (κ1) is 17.4. The molecule has 3 heterocycles. The van der Waals surface area contributed by atoms with Gasteiger partial charge in [-0.05, 0) is 37.0 Å². The minimum absolute atomic E-state index is 0.0218. The van der Waals surface area contributed by atoms with E-state index in [4.69, 9.17) is 0 Å². The van der Waals surface area contributed by atoms with Crippen molar-refractivity contribution in [3.05, 3.63) is 29.8 Å². The Labute approximate surface area is 158 Å². The van der Waals surface area contributed by atoms with E-state index in [2.05, 4.69) is 27.3 Å². The summed E-state index contributed by atoms with van der Waals surface area (Å²) in [7, 11) is 0. The number of anilines is 1. The molecule has 0 aromatic heterocycles. The fourth-order valence-electron chi connectivity index (χ4n) is 3.67. The second-order valence-electron chi connectivity index (χ2n) is 6.96. The molecule has 2 amide bonds. The van der Waals surface area contributed by atoms with Gasteiger partial charge in [0, 0.05) is 38.3 Å². The van der Waals surface area contributed by atoms with Crippen LogP contribution in [0.5, 0.6) is 0 Å². The molecule has 4 rings (SSSR count). The van der Waals surface area contributed by atoms with Gasteiger partial charge in [0.25, 0.3) is 0 Å². The van der Waals surface area contributed by atoms with Crippen LogP contribution < -0.4 is 10.2 Å². The number of nitrogens with one attached hydrogen (secondary N) is 1. The zero-order valence-corrected chi connectivity index (χ0v) is 15.6. The van der Waals surface area contributed by atoms with Crippen molar-refractivity contribution in [2.45, 2.75) is 37.5 Å². The van der Waals surface area contributed by atoms with E-state index in [9.17, 15) is 9.59 Å². The van der Waals surface area contributed by atoms with Gasteiger partial charge in [-0.25, -0.2) is 0 Å².